The third-order valence-electron chi connectivity index (χ3n) is 4.65. The molecule has 0 radical (unpaired) electrons. The first-order chi connectivity index (χ1) is 10.4. The van der Waals surface area contributed by atoms with Crippen molar-refractivity contribution in [2.75, 3.05) is 6.54 Å². The summed E-state index contributed by atoms with van der Waals surface area (Å²) in [6, 6.07) is 6.67. The summed E-state index contributed by atoms with van der Waals surface area (Å²) in [4.78, 5) is 23.2. The van der Waals surface area contributed by atoms with E-state index in [1.54, 1.807) is 18.2 Å². The van der Waals surface area contributed by atoms with Gasteiger partial charge < -0.3 is 10.4 Å². The third-order valence-corrected chi connectivity index (χ3v) is 4.65. The molecule has 120 valence electrons. The monoisotopic (exact) mass is 303 g/mol. The third kappa shape index (κ3) is 4.58. The SMILES string of the molecule is CC1(C)CCC(CNC(=O)Cc2ccccc2C(=O)O)CC1. The van der Waals surface area contributed by atoms with E-state index in [2.05, 4.69) is 19.2 Å². The van der Waals surface area contributed by atoms with Crippen LogP contribution in [-0.2, 0) is 11.2 Å². The maximum Gasteiger partial charge on any atom is 0.335 e. The highest BCUT2D eigenvalue weighted by Crippen LogP contribution is 2.37. The lowest BCUT2D eigenvalue weighted by atomic mass is 9.73. The summed E-state index contributed by atoms with van der Waals surface area (Å²) in [5, 5.41) is 12.1. The average molecular weight is 303 g/mol. The van der Waals surface area contributed by atoms with Gasteiger partial charge in [0.05, 0.1) is 12.0 Å². The van der Waals surface area contributed by atoms with Crippen LogP contribution in [0.5, 0.6) is 0 Å². The summed E-state index contributed by atoms with van der Waals surface area (Å²) in [6.07, 6.45) is 4.84. The summed E-state index contributed by atoms with van der Waals surface area (Å²) < 4.78 is 0. The van der Waals surface area contributed by atoms with Gasteiger partial charge in [0.25, 0.3) is 0 Å². The molecule has 0 heterocycles. The second-order valence-electron chi connectivity index (χ2n) is 7.05. The van der Waals surface area contributed by atoms with Crippen molar-refractivity contribution in [2.24, 2.45) is 11.3 Å². The predicted molar refractivity (Wildman–Crippen MR) is 85.9 cm³/mol. The van der Waals surface area contributed by atoms with Crippen LogP contribution in [0.15, 0.2) is 24.3 Å². The fourth-order valence-electron chi connectivity index (χ4n) is 3.04. The Morgan fingerprint density at radius 1 is 1.23 bits per heavy atom. The van der Waals surface area contributed by atoms with E-state index in [1.807, 2.05) is 0 Å². The lowest BCUT2D eigenvalue weighted by Crippen LogP contribution is -2.33. The summed E-state index contributed by atoms with van der Waals surface area (Å²) in [5.41, 5.74) is 1.20. The minimum Gasteiger partial charge on any atom is -0.478 e. The van der Waals surface area contributed by atoms with Crippen molar-refractivity contribution in [1.29, 1.82) is 0 Å². The van der Waals surface area contributed by atoms with Gasteiger partial charge in [-0.15, -0.1) is 0 Å². The predicted octanol–water partition coefficient (Wildman–Crippen LogP) is 3.26. The van der Waals surface area contributed by atoms with Crippen LogP contribution in [0.4, 0.5) is 0 Å². The second kappa shape index (κ2) is 6.95. The van der Waals surface area contributed by atoms with Crippen molar-refractivity contribution in [3.8, 4) is 0 Å². The van der Waals surface area contributed by atoms with Crippen molar-refractivity contribution < 1.29 is 14.7 Å². The van der Waals surface area contributed by atoms with Gasteiger partial charge in [-0.05, 0) is 48.6 Å². The second-order valence-corrected chi connectivity index (χ2v) is 7.05. The highest BCUT2D eigenvalue weighted by Gasteiger charge is 2.26. The van der Waals surface area contributed by atoms with Gasteiger partial charge in [-0.1, -0.05) is 32.0 Å². The molecule has 0 bridgehead atoms. The fraction of sp³-hybridized carbons (Fsp3) is 0.556. The molecule has 2 N–H and O–H groups in total. The summed E-state index contributed by atoms with van der Waals surface area (Å²) in [6.45, 7) is 5.29. The Morgan fingerprint density at radius 2 is 1.86 bits per heavy atom. The van der Waals surface area contributed by atoms with Gasteiger partial charge >= 0.3 is 5.97 Å². The van der Waals surface area contributed by atoms with Crippen LogP contribution in [0.1, 0.15) is 55.5 Å². The van der Waals surface area contributed by atoms with E-state index in [9.17, 15) is 9.59 Å². The van der Waals surface area contributed by atoms with E-state index >= 15 is 0 Å². The molecule has 0 spiro atoms. The van der Waals surface area contributed by atoms with Crippen molar-refractivity contribution >= 4 is 11.9 Å². The van der Waals surface area contributed by atoms with Crippen LogP contribution < -0.4 is 5.32 Å². The number of hydrogen-bond donors (Lipinski definition) is 2. The summed E-state index contributed by atoms with van der Waals surface area (Å²) >= 11 is 0. The standard InChI is InChI=1S/C18H25NO3/c1-18(2)9-7-13(8-10-18)12-19-16(20)11-14-5-3-4-6-15(14)17(21)22/h3-6,13H,7-12H2,1-2H3,(H,19,20)(H,21,22). The van der Waals surface area contributed by atoms with Crippen LogP contribution in [0.2, 0.25) is 0 Å². The number of amides is 1. The van der Waals surface area contributed by atoms with Crippen molar-refractivity contribution in [3.63, 3.8) is 0 Å². The highest BCUT2D eigenvalue weighted by molar-refractivity contribution is 5.91. The molecule has 1 amide bonds. The Labute approximate surface area is 131 Å². The molecule has 0 aliphatic heterocycles. The van der Waals surface area contributed by atoms with Crippen LogP contribution in [0.3, 0.4) is 0 Å². The van der Waals surface area contributed by atoms with E-state index in [0.717, 1.165) is 12.8 Å². The minimum absolute atomic E-state index is 0.0986. The molecule has 1 aliphatic rings. The number of nitrogens with one attached hydrogen (secondary N) is 1. The molecule has 0 aromatic heterocycles. The number of carbonyl (C=O) groups is 2. The lowest BCUT2D eigenvalue weighted by Gasteiger charge is -2.34. The van der Waals surface area contributed by atoms with Crippen LogP contribution in [0.25, 0.3) is 0 Å². The van der Waals surface area contributed by atoms with Crippen LogP contribution >= 0.6 is 0 Å². The van der Waals surface area contributed by atoms with Crippen LogP contribution in [-0.4, -0.2) is 23.5 Å². The lowest BCUT2D eigenvalue weighted by molar-refractivity contribution is -0.120. The molecule has 0 unspecified atom stereocenters. The number of carbonyl (C=O) groups excluding carboxylic acids is 1. The molecule has 1 fully saturated rings. The molecule has 1 aromatic rings. The van der Waals surface area contributed by atoms with E-state index in [1.165, 1.54) is 18.9 Å². The van der Waals surface area contributed by atoms with Gasteiger partial charge in [-0.25, -0.2) is 4.79 Å². The first-order valence-electron chi connectivity index (χ1n) is 7.95. The van der Waals surface area contributed by atoms with Gasteiger partial charge in [-0.2, -0.15) is 0 Å². The zero-order valence-corrected chi connectivity index (χ0v) is 13.4. The van der Waals surface area contributed by atoms with E-state index in [-0.39, 0.29) is 17.9 Å². The molecule has 4 nitrogen and oxygen atoms in total. The quantitative estimate of drug-likeness (QED) is 0.877. The number of carboxylic acids is 1. The first-order valence-corrected chi connectivity index (χ1v) is 7.95. The van der Waals surface area contributed by atoms with E-state index in [4.69, 9.17) is 5.11 Å². The molecule has 0 saturated heterocycles. The zero-order chi connectivity index (χ0) is 16.2. The molecular weight excluding hydrogens is 278 g/mol. The number of hydrogen-bond acceptors (Lipinski definition) is 2. The molecule has 1 saturated carbocycles. The highest BCUT2D eigenvalue weighted by atomic mass is 16.4. The maximum absolute atomic E-state index is 12.1. The molecule has 1 aliphatic carbocycles. The van der Waals surface area contributed by atoms with Gasteiger partial charge in [0.2, 0.25) is 5.91 Å². The molecule has 2 rings (SSSR count). The smallest absolute Gasteiger partial charge is 0.335 e. The van der Waals surface area contributed by atoms with Crippen LogP contribution in [0, 0.1) is 11.3 Å². The van der Waals surface area contributed by atoms with E-state index in [0.29, 0.717) is 23.4 Å². The first kappa shape index (κ1) is 16.5. The topological polar surface area (TPSA) is 66.4 Å². The Bertz CT molecular complexity index is 541. The Morgan fingerprint density at radius 3 is 2.50 bits per heavy atom. The van der Waals surface area contributed by atoms with Gasteiger partial charge in [0, 0.05) is 6.54 Å². The molecule has 0 atom stereocenters. The normalized spacial score (nSPS) is 17.9. The Balaban J connectivity index is 1.83. The number of carboxylic acid groups (broad SMARTS) is 1. The van der Waals surface area contributed by atoms with Gasteiger partial charge in [0.1, 0.15) is 0 Å². The zero-order valence-electron chi connectivity index (χ0n) is 13.4. The van der Waals surface area contributed by atoms with Gasteiger partial charge in [-0.3, -0.25) is 4.79 Å². The summed E-state index contributed by atoms with van der Waals surface area (Å²) in [5.74, 6) is -0.539. The fourth-order valence-corrected chi connectivity index (χ4v) is 3.04. The van der Waals surface area contributed by atoms with Crippen molar-refractivity contribution in [1.82, 2.24) is 5.32 Å². The summed E-state index contributed by atoms with van der Waals surface area (Å²) in [7, 11) is 0. The van der Waals surface area contributed by atoms with Gasteiger partial charge in [0.15, 0.2) is 0 Å². The number of benzene rings is 1. The van der Waals surface area contributed by atoms with E-state index < -0.39 is 5.97 Å². The molecular formula is C18H25NO3. The molecule has 4 heteroatoms. The largest absolute Gasteiger partial charge is 0.478 e. The number of rotatable bonds is 5. The molecule has 1 aromatic carbocycles. The average Bonchev–Trinajstić information content (AvgIpc) is 2.46. The maximum atomic E-state index is 12.1. The Hall–Kier alpha value is -1.84. The minimum atomic E-state index is -0.988. The van der Waals surface area contributed by atoms with Crippen molar-refractivity contribution in [3.05, 3.63) is 35.4 Å². The Kier molecular flexibility index (Phi) is 5.22. The number of aromatic carboxylic acids is 1. The van der Waals surface area contributed by atoms with Crippen molar-refractivity contribution in [2.45, 2.75) is 46.0 Å². The molecule has 22 heavy (non-hydrogen) atoms.